The molecule has 1 aromatic carbocycles. The minimum Gasteiger partial charge on any atom is -0.359 e. The summed E-state index contributed by atoms with van der Waals surface area (Å²) in [6.07, 6.45) is -2.28. The molecule has 4 rings (SSSR count). The first-order valence-corrected chi connectivity index (χ1v) is 10.2. The highest BCUT2D eigenvalue weighted by atomic mass is 19.4. The molecule has 2 aromatic heterocycles. The minimum atomic E-state index is -4.20. The largest absolute Gasteiger partial charge is 0.390 e. The Labute approximate surface area is 185 Å². The molecule has 1 aliphatic heterocycles. The van der Waals surface area contributed by atoms with Crippen LogP contribution in [0.5, 0.6) is 0 Å². The second-order valence-corrected chi connectivity index (χ2v) is 7.69. The number of piperazine rings is 1. The number of alkyl halides is 3. The third-order valence-corrected chi connectivity index (χ3v) is 5.35. The van der Waals surface area contributed by atoms with Crippen LogP contribution in [0.3, 0.4) is 0 Å². The Morgan fingerprint density at radius 2 is 1.85 bits per heavy atom. The van der Waals surface area contributed by atoms with E-state index in [1.54, 1.807) is 15.9 Å². The summed E-state index contributed by atoms with van der Waals surface area (Å²) in [4.78, 5) is 22.6. The molecule has 0 radical (unpaired) electrons. The number of rotatable bonds is 5. The molecule has 0 atom stereocenters. The SMILES string of the molecule is O=C(Nc1cnc(N2CCN(CCC(F)(F)F)CC2)c(F)c1)Nc1c[nH]c2ccc(F)cc12. The van der Waals surface area contributed by atoms with Crippen molar-refractivity contribution in [1.82, 2.24) is 14.9 Å². The van der Waals surface area contributed by atoms with E-state index in [1.807, 2.05) is 0 Å². The van der Waals surface area contributed by atoms with E-state index in [2.05, 4.69) is 20.6 Å². The fraction of sp³-hybridized carbons (Fsp3) is 0.333. The Morgan fingerprint density at radius 3 is 2.55 bits per heavy atom. The Balaban J connectivity index is 1.34. The van der Waals surface area contributed by atoms with Crippen LogP contribution in [0.15, 0.2) is 36.7 Å². The van der Waals surface area contributed by atoms with E-state index in [0.29, 0.717) is 42.8 Å². The number of benzene rings is 1. The molecule has 0 spiro atoms. The van der Waals surface area contributed by atoms with Crippen LogP contribution in [0.1, 0.15) is 6.42 Å². The number of H-pyrrole nitrogens is 1. The van der Waals surface area contributed by atoms with Gasteiger partial charge in [-0.05, 0) is 18.2 Å². The monoisotopic (exact) mass is 468 g/mol. The topological polar surface area (TPSA) is 76.3 Å². The van der Waals surface area contributed by atoms with Crippen molar-refractivity contribution in [1.29, 1.82) is 0 Å². The number of carbonyl (C=O) groups is 1. The summed E-state index contributed by atoms with van der Waals surface area (Å²) in [5.41, 5.74) is 1.11. The molecule has 0 bridgehead atoms. The first-order chi connectivity index (χ1) is 15.7. The summed E-state index contributed by atoms with van der Waals surface area (Å²) in [5, 5.41) is 5.53. The van der Waals surface area contributed by atoms with E-state index in [1.165, 1.54) is 24.5 Å². The van der Waals surface area contributed by atoms with Gasteiger partial charge >= 0.3 is 12.2 Å². The Hall–Kier alpha value is -3.41. The molecular formula is C21H21F5N6O. The van der Waals surface area contributed by atoms with Crippen molar-refractivity contribution in [3.8, 4) is 0 Å². The zero-order chi connectivity index (χ0) is 23.6. The number of nitrogens with one attached hydrogen (secondary N) is 3. The van der Waals surface area contributed by atoms with Crippen LogP contribution >= 0.6 is 0 Å². The van der Waals surface area contributed by atoms with Gasteiger partial charge in [-0.25, -0.2) is 18.6 Å². The maximum absolute atomic E-state index is 14.6. The second kappa shape index (κ2) is 9.22. The molecule has 0 aliphatic carbocycles. The fourth-order valence-corrected chi connectivity index (χ4v) is 3.68. The third kappa shape index (κ3) is 5.69. The van der Waals surface area contributed by atoms with Crippen LogP contribution in [0, 0.1) is 11.6 Å². The smallest absolute Gasteiger partial charge is 0.359 e. The molecular weight excluding hydrogens is 447 g/mol. The molecule has 1 saturated heterocycles. The van der Waals surface area contributed by atoms with Gasteiger partial charge < -0.3 is 20.5 Å². The van der Waals surface area contributed by atoms with Crippen molar-refractivity contribution in [3.05, 3.63) is 48.3 Å². The Kier molecular flexibility index (Phi) is 6.36. The molecule has 3 N–H and O–H groups in total. The normalized spacial score (nSPS) is 15.1. The lowest BCUT2D eigenvalue weighted by Gasteiger charge is -2.35. The number of amides is 2. The van der Waals surface area contributed by atoms with E-state index in [4.69, 9.17) is 0 Å². The van der Waals surface area contributed by atoms with Gasteiger partial charge in [-0.15, -0.1) is 0 Å². The molecule has 1 fully saturated rings. The average Bonchev–Trinajstić information content (AvgIpc) is 3.14. The lowest BCUT2D eigenvalue weighted by atomic mass is 10.2. The van der Waals surface area contributed by atoms with Gasteiger partial charge in [0.1, 0.15) is 5.82 Å². The predicted molar refractivity (Wildman–Crippen MR) is 114 cm³/mol. The van der Waals surface area contributed by atoms with E-state index in [9.17, 15) is 26.7 Å². The third-order valence-electron chi connectivity index (χ3n) is 5.35. The first-order valence-electron chi connectivity index (χ1n) is 10.2. The van der Waals surface area contributed by atoms with Crippen LogP contribution in [-0.2, 0) is 0 Å². The number of aromatic nitrogens is 2. The number of hydrogen-bond acceptors (Lipinski definition) is 4. The maximum atomic E-state index is 14.6. The molecule has 0 unspecified atom stereocenters. The van der Waals surface area contributed by atoms with Crippen molar-refractivity contribution >= 4 is 34.1 Å². The summed E-state index contributed by atoms with van der Waals surface area (Å²) in [7, 11) is 0. The molecule has 3 aromatic rings. The molecule has 2 amide bonds. The minimum absolute atomic E-state index is 0.0727. The number of urea groups is 1. The first kappa shape index (κ1) is 22.8. The summed E-state index contributed by atoms with van der Waals surface area (Å²) in [6.45, 7) is 1.32. The lowest BCUT2D eigenvalue weighted by Crippen LogP contribution is -2.47. The van der Waals surface area contributed by atoms with Crippen LogP contribution < -0.4 is 15.5 Å². The van der Waals surface area contributed by atoms with E-state index >= 15 is 0 Å². The average molecular weight is 468 g/mol. The molecule has 1 aliphatic rings. The number of carbonyl (C=O) groups excluding carboxylic acids is 1. The highest BCUT2D eigenvalue weighted by Crippen LogP contribution is 2.25. The van der Waals surface area contributed by atoms with Gasteiger partial charge in [0.25, 0.3) is 0 Å². The highest BCUT2D eigenvalue weighted by molar-refractivity contribution is 6.05. The van der Waals surface area contributed by atoms with Crippen LogP contribution in [0.2, 0.25) is 0 Å². The molecule has 176 valence electrons. The van der Waals surface area contributed by atoms with E-state index in [-0.39, 0.29) is 18.1 Å². The van der Waals surface area contributed by atoms with Gasteiger partial charge in [-0.1, -0.05) is 0 Å². The molecule has 3 heterocycles. The van der Waals surface area contributed by atoms with Gasteiger partial charge in [-0.3, -0.25) is 4.90 Å². The number of anilines is 3. The second-order valence-electron chi connectivity index (χ2n) is 7.69. The summed E-state index contributed by atoms with van der Waals surface area (Å²) >= 11 is 0. The summed E-state index contributed by atoms with van der Waals surface area (Å²) in [5.74, 6) is -1.04. The number of fused-ring (bicyclic) bond motifs is 1. The van der Waals surface area contributed by atoms with Crippen molar-refractivity contribution in [2.24, 2.45) is 0 Å². The Morgan fingerprint density at radius 1 is 1.09 bits per heavy atom. The van der Waals surface area contributed by atoms with E-state index < -0.39 is 30.3 Å². The van der Waals surface area contributed by atoms with Gasteiger partial charge in [0.2, 0.25) is 0 Å². The van der Waals surface area contributed by atoms with Crippen molar-refractivity contribution < 1.29 is 26.7 Å². The number of halogens is 5. The maximum Gasteiger partial charge on any atom is 0.390 e. The predicted octanol–water partition coefficient (Wildman–Crippen LogP) is 4.56. The number of hydrogen-bond donors (Lipinski definition) is 3. The Bertz CT molecular complexity index is 1140. The number of aromatic amines is 1. The summed E-state index contributed by atoms with van der Waals surface area (Å²) in [6, 6.07) is 4.57. The zero-order valence-electron chi connectivity index (χ0n) is 17.3. The highest BCUT2D eigenvalue weighted by Gasteiger charge is 2.29. The summed E-state index contributed by atoms with van der Waals surface area (Å²) < 4.78 is 65.2. The van der Waals surface area contributed by atoms with Crippen molar-refractivity contribution in [3.63, 3.8) is 0 Å². The molecule has 12 heteroatoms. The van der Waals surface area contributed by atoms with Crippen molar-refractivity contribution in [2.45, 2.75) is 12.6 Å². The zero-order valence-corrected chi connectivity index (χ0v) is 17.3. The van der Waals surface area contributed by atoms with E-state index in [0.717, 1.165) is 6.07 Å². The molecule has 33 heavy (non-hydrogen) atoms. The van der Waals surface area contributed by atoms with Gasteiger partial charge in [0.05, 0.1) is 24.0 Å². The number of nitrogens with zero attached hydrogens (tertiary/aromatic N) is 3. The quantitative estimate of drug-likeness (QED) is 0.480. The number of pyridine rings is 1. The van der Waals surface area contributed by atoms with Gasteiger partial charge in [-0.2, -0.15) is 13.2 Å². The molecule has 0 saturated carbocycles. The van der Waals surface area contributed by atoms with Crippen LogP contribution in [-0.4, -0.2) is 59.8 Å². The molecule has 7 nitrogen and oxygen atoms in total. The van der Waals surface area contributed by atoms with Crippen LogP contribution in [0.25, 0.3) is 10.9 Å². The standard InChI is InChI=1S/C21H21F5N6O/c22-13-1-2-17-15(9-13)18(12-27-17)30-20(33)29-14-10-16(23)19(28-11-14)32-7-5-31(6-8-32)4-3-21(24,25)26/h1-2,9-12,27H,3-8H2,(H2,29,30,33). The fourth-order valence-electron chi connectivity index (χ4n) is 3.68. The van der Waals surface area contributed by atoms with Crippen LogP contribution in [0.4, 0.5) is 43.9 Å². The van der Waals surface area contributed by atoms with Crippen molar-refractivity contribution in [2.75, 3.05) is 48.3 Å². The van der Waals surface area contributed by atoms with Gasteiger partial charge in [0.15, 0.2) is 11.6 Å². The lowest BCUT2D eigenvalue weighted by molar-refractivity contribution is -0.138. The van der Waals surface area contributed by atoms with Gasteiger partial charge in [0, 0.05) is 55.9 Å².